The number of rotatable bonds is 7. The number of hydrogen-bond donors (Lipinski definition) is 2. The molecular formula is C15H28N2O4. The number of carboxylic acid groups (broad SMARTS) is 1. The average Bonchev–Trinajstić information content (AvgIpc) is 2.71. The monoisotopic (exact) mass is 300 g/mol. The lowest BCUT2D eigenvalue weighted by Crippen LogP contribution is -2.42. The Labute approximate surface area is 126 Å². The summed E-state index contributed by atoms with van der Waals surface area (Å²) in [6.45, 7) is 2.76. The SMILES string of the molecule is CC(CN(C)C(=O)NCCOC1CCCCCC1)C(=O)O. The zero-order valence-electron chi connectivity index (χ0n) is 13.1. The highest BCUT2D eigenvalue weighted by Crippen LogP contribution is 2.19. The highest BCUT2D eigenvalue weighted by atomic mass is 16.5. The molecule has 0 spiro atoms. The molecule has 0 aromatic rings. The molecule has 1 saturated carbocycles. The average molecular weight is 300 g/mol. The minimum absolute atomic E-state index is 0.199. The van der Waals surface area contributed by atoms with Crippen molar-refractivity contribution in [3.05, 3.63) is 0 Å². The van der Waals surface area contributed by atoms with E-state index in [4.69, 9.17) is 9.84 Å². The first-order chi connectivity index (χ1) is 10.0. The molecule has 0 bridgehead atoms. The van der Waals surface area contributed by atoms with Crippen LogP contribution in [0.4, 0.5) is 4.79 Å². The zero-order chi connectivity index (χ0) is 15.7. The van der Waals surface area contributed by atoms with Crippen molar-refractivity contribution in [2.75, 3.05) is 26.7 Å². The van der Waals surface area contributed by atoms with Crippen LogP contribution >= 0.6 is 0 Å². The molecule has 0 aromatic heterocycles. The van der Waals surface area contributed by atoms with Crippen molar-refractivity contribution in [2.24, 2.45) is 5.92 Å². The lowest BCUT2D eigenvalue weighted by atomic mass is 10.1. The van der Waals surface area contributed by atoms with Crippen LogP contribution in [-0.2, 0) is 9.53 Å². The molecule has 1 unspecified atom stereocenters. The third-order valence-electron chi connectivity index (χ3n) is 3.85. The van der Waals surface area contributed by atoms with E-state index < -0.39 is 11.9 Å². The molecule has 21 heavy (non-hydrogen) atoms. The minimum Gasteiger partial charge on any atom is -0.481 e. The Balaban J connectivity index is 2.13. The van der Waals surface area contributed by atoms with Crippen molar-refractivity contribution in [1.82, 2.24) is 10.2 Å². The largest absolute Gasteiger partial charge is 0.481 e. The van der Waals surface area contributed by atoms with Crippen molar-refractivity contribution < 1.29 is 19.4 Å². The Morgan fingerprint density at radius 2 is 1.90 bits per heavy atom. The number of amides is 2. The van der Waals surface area contributed by atoms with Gasteiger partial charge in [0, 0.05) is 20.1 Å². The summed E-state index contributed by atoms with van der Waals surface area (Å²) < 4.78 is 5.79. The van der Waals surface area contributed by atoms with E-state index in [9.17, 15) is 9.59 Å². The van der Waals surface area contributed by atoms with Gasteiger partial charge in [0.1, 0.15) is 0 Å². The lowest BCUT2D eigenvalue weighted by Gasteiger charge is -2.20. The first-order valence-corrected chi connectivity index (χ1v) is 7.84. The maximum absolute atomic E-state index is 11.8. The maximum atomic E-state index is 11.8. The van der Waals surface area contributed by atoms with E-state index in [1.165, 1.54) is 30.6 Å². The van der Waals surface area contributed by atoms with Crippen LogP contribution in [-0.4, -0.2) is 54.9 Å². The molecule has 0 aliphatic heterocycles. The zero-order valence-corrected chi connectivity index (χ0v) is 13.1. The van der Waals surface area contributed by atoms with Gasteiger partial charge in [0.2, 0.25) is 0 Å². The van der Waals surface area contributed by atoms with Gasteiger partial charge in [0.05, 0.1) is 18.6 Å². The first kappa shape index (κ1) is 17.8. The molecule has 1 rings (SSSR count). The summed E-state index contributed by atoms with van der Waals surface area (Å²) in [4.78, 5) is 23.9. The number of carbonyl (C=O) groups excluding carboxylic acids is 1. The van der Waals surface area contributed by atoms with Crippen LogP contribution < -0.4 is 5.32 Å². The molecule has 0 saturated heterocycles. The second-order valence-electron chi connectivity index (χ2n) is 5.84. The van der Waals surface area contributed by atoms with E-state index in [2.05, 4.69) is 5.32 Å². The highest BCUT2D eigenvalue weighted by molar-refractivity contribution is 5.75. The van der Waals surface area contributed by atoms with Crippen molar-refractivity contribution in [3.8, 4) is 0 Å². The maximum Gasteiger partial charge on any atom is 0.317 e. The molecule has 2 N–H and O–H groups in total. The number of hydrogen-bond acceptors (Lipinski definition) is 3. The molecule has 6 nitrogen and oxygen atoms in total. The normalized spacial score (nSPS) is 17.8. The lowest BCUT2D eigenvalue weighted by molar-refractivity contribution is -0.141. The Morgan fingerprint density at radius 1 is 1.29 bits per heavy atom. The van der Waals surface area contributed by atoms with Crippen LogP contribution in [0, 0.1) is 5.92 Å². The van der Waals surface area contributed by atoms with Gasteiger partial charge in [-0.25, -0.2) is 4.79 Å². The number of carboxylic acids is 1. The quantitative estimate of drug-likeness (QED) is 0.557. The number of nitrogens with one attached hydrogen (secondary N) is 1. The standard InChI is InChI=1S/C15H28N2O4/c1-12(14(18)19)11-17(2)15(20)16-9-10-21-13-7-5-3-4-6-8-13/h12-13H,3-11H2,1-2H3,(H,16,20)(H,18,19). The van der Waals surface area contributed by atoms with E-state index in [1.54, 1.807) is 14.0 Å². The number of carbonyl (C=O) groups is 2. The molecule has 122 valence electrons. The number of urea groups is 1. The molecule has 0 aromatic carbocycles. The minimum atomic E-state index is -0.897. The van der Waals surface area contributed by atoms with Crippen LogP contribution in [0.1, 0.15) is 45.4 Å². The van der Waals surface area contributed by atoms with Gasteiger partial charge in [-0.05, 0) is 12.8 Å². The van der Waals surface area contributed by atoms with Crippen LogP contribution in [0.15, 0.2) is 0 Å². The molecule has 1 fully saturated rings. The smallest absolute Gasteiger partial charge is 0.317 e. The van der Waals surface area contributed by atoms with Crippen molar-refractivity contribution in [3.63, 3.8) is 0 Å². The molecule has 0 radical (unpaired) electrons. The fraction of sp³-hybridized carbons (Fsp3) is 0.867. The molecule has 1 atom stereocenters. The third kappa shape index (κ3) is 7.32. The molecule has 1 aliphatic carbocycles. The number of aliphatic carboxylic acids is 1. The summed E-state index contributed by atoms with van der Waals surface area (Å²) in [6, 6.07) is -0.257. The predicted octanol–water partition coefficient (Wildman–Crippen LogP) is 2.09. The summed E-state index contributed by atoms with van der Waals surface area (Å²) in [5.74, 6) is -1.46. The Bertz CT molecular complexity index is 328. The fourth-order valence-electron chi connectivity index (χ4n) is 2.50. The molecule has 0 heterocycles. The van der Waals surface area contributed by atoms with Crippen LogP contribution in [0.25, 0.3) is 0 Å². The fourth-order valence-corrected chi connectivity index (χ4v) is 2.50. The molecular weight excluding hydrogens is 272 g/mol. The number of nitrogens with zero attached hydrogens (tertiary/aromatic N) is 1. The highest BCUT2D eigenvalue weighted by Gasteiger charge is 2.17. The van der Waals surface area contributed by atoms with E-state index in [0.29, 0.717) is 19.3 Å². The van der Waals surface area contributed by atoms with E-state index in [-0.39, 0.29) is 12.6 Å². The van der Waals surface area contributed by atoms with Crippen molar-refractivity contribution in [2.45, 2.75) is 51.6 Å². The molecule has 1 aliphatic rings. The molecule has 2 amide bonds. The van der Waals surface area contributed by atoms with Gasteiger partial charge < -0.3 is 20.1 Å². The van der Waals surface area contributed by atoms with Gasteiger partial charge in [-0.3, -0.25) is 4.79 Å². The van der Waals surface area contributed by atoms with Crippen LogP contribution in [0.5, 0.6) is 0 Å². The summed E-state index contributed by atoms with van der Waals surface area (Å²) in [7, 11) is 1.60. The van der Waals surface area contributed by atoms with E-state index in [0.717, 1.165) is 12.8 Å². The summed E-state index contributed by atoms with van der Waals surface area (Å²) in [5.41, 5.74) is 0. The second kappa shape index (κ2) is 9.60. The topological polar surface area (TPSA) is 78.9 Å². The Kier molecular flexibility index (Phi) is 8.12. The van der Waals surface area contributed by atoms with Gasteiger partial charge in [-0.15, -0.1) is 0 Å². The van der Waals surface area contributed by atoms with Gasteiger partial charge in [0.25, 0.3) is 0 Å². The van der Waals surface area contributed by atoms with E-state index >= 15 is 0 Å². The van der Waals surface area contributed by atoms with Gasteiger partial charge in [-0.1, -0.05) is 32.6 Å². The predicted molar refractivity (Wildman–Crippen MR) is 80.3 cm³/mol. The number of ether oxygens (including phenoxy) is 1. The van der Waals surface area contributed by atoms with Gasteiger partial charge in [-0.2, -0.15) is 0 Å². The summed E-state index contributed by atoms with van der Waals surface area (Å²) in [6.07, 6.45) is 7.61. The van der Waals surface area contributed by atoms with Crippen LogP contribution in [0.2, 0.25) is 0 Å². The summed E-state index contributed by atoms with van der Waals surface area (Å²) >= 11 is 0. The van der Waals surface area contributed by atoms with Crippen LogP contribution in [0.3, 0.4) is 0 Å². The van der Waals surface area contributed by atoms with Gasteiger partial charge in [0.15, 0.2) is 0 Å². The van der Waals surface area contributed by atoms with Crippen molar-refractivity contribution in [1.29, 1.82) is 0 Å². The van der Waals surface area contributed by atoms with Gasteiger partial charge >= 0.3 is 12.0 Å². The Morgan fingerprint density at radius 3 is 2.48 bits per heavy atom. The first-order valence-electron chi connectivity index (χ1n) is 7.84. The third-order valence-corrected chi connectivity index (χ3v) is 3.85. The Hall–Kier alpha value is -1.30. The second-order valence-corrected chi connectivity index (χ2v) is 5.84. The molecule has 6 heteroatoms. The summed E-state index contributed by atoms with van der Waals surface area (Å²) in [5, 5.41) is 11.6. The van der Waals surface area contributed by atoms with E-state index in [1.807, 2.05) is 0 Å². The van der Waals surface area contributed by atoms with Crippen molar-refractivity contribution >= 4 is 12.0 Å².